The maximum Gasteiger partial charge on any atom is 0.223 e. The van der Waals surface area contributed by atoms with E-state index in [1.807, 2.05) is 23.3 Å². The van der Waals surface area contributed by atoms with Gasteiger partial charge in [-0.1, -0.05) is 6.07 Å². The molecule has 2 aliphatic rings. The second kappa shape index (κ2) is 9.60. The lowest BCUT2D eigenvalue weighted by molar-refractivity contribution is -0.0136. The first-order chi connectivity index (χ1) is 16.8. The van der Waals surface area contributed by atoms with Gasteiger partial charge >= 0.3 is 0 Å². The molecule has 0 radical (unpaired) electrons. The molecular formula is C25H29F2N5O3. The summed E-state index contributed by atoms with van der Waals surface area (Å²) in [5.41, 5.74) is 1.94. The highest BCUT2D eigenvalue weighted by Gasteiger charge is 2.28. The Balaban J connectivity index is 1.54. The largest absolute Gasteiger partial charge is 0.389 e. The van der Waals surface area contributed by atoms with Crippen LogP contribution in [-0.2, 0) is 11.3 Å². The Morgan fingerprint density at radius 3 is 2.80 bits per heavy atom. The molecule has 8 nitrogen and oxygen atoms in total. The van der Waals surface area contributed by atoms with Crippen LogP contribution in [0.4, 0.5) is 14.7 Å². The van der Waals surface area contributed by atoms with Gasteiger partial charge in [-0.05, 0) is 32.4 Å². The predicted molar refractivity (Wildman–Crippen MR) is 129 cm³/mol. The van der Waals surface area contributed by atoms with Gasteiger partial charge in [0, 0.05) is 55.0 Å². The number of hydrogen-bond acceptors (Lipinski definition) is 7. The van der Waals surface area contributed by atoms with Crippen LogP contribution in [0, 0.1) is 5.82 Å². The fraction of sp³-hybridized carbons (Fsp3) is 0.480. The van der Waals surface area contributed by atoms with Gasteiger partial charge in [0.1, 0.15) is 11.9 Å². The molecule has 0 saturated carbocycles. The summed E-state index contributed by atoms with van der Waals surface area (Å²) in [7, 11) is 0. The van der Waals surface area contributed by atoms with Crippen molar-refractivity contribution in [3.63, 3.8) is 0 Å². The number of rotatable bonds is 6. The molecule has 0 amide bonds. The van der Waals surface area contributed by atoms with Crippen LogP contribution in [0.3, 0.4) is 0 Å². The quantitative estimate of drug-likeness (QED) is 0.555. The molecule has 2 fully saturated rings. The first-order valence-corrected chi connectivity index (χ1v) is 11.9. The highest BCUT2D eigenvalue weighted by molar-refractivity contribution is 5.84. The SMILES string of the molecule is CC(C)n1c(CN2CC(F)C2)cc(=O)c2ccc(-c3nc(N[C@@H]4CCOC[C@H]4O)ncc3F)cc21. The van der Waals surface area contributed by atoms with Gasteiger partial charge < -0.3 is 19.7 Å². The summed E-state index contributed by atoms with van der Waals surface area (Å²) in [4.78, 5) is 23.3. The number of nitrogens with one attached hydrogen (secondary N) is 1. The van der Waals surface area contributed by atoms with Crippen LogP contribution < -0.4 is 10.7 Å². The van der Waals surface area contributed by atoms with Gasteiger partial charge in [0.05, 0.1) is 30.5 Å². The smallest absolute Gasteiger partial charge is 0.223 e. The summed E-state index contributed by atoms with van der Waals surface area (Å²) in [5, 5.41) is 13.8. The fourth-order valence-electron chi connectivity index (χ4n) is 4.83. The van der Waals surface area contributed by atoms with Gasteiger partial charge in [0.15, 0.2) is 11.2 Å². The van der Waals surface area contributed by atoms with Crippen molar-refractivity contribution in [3.05, 3.63) is 52.2 Å². The highest BCUT2D eigenvalue weighted by atomic mass is 19.1. The maximum atomic E-state index is 14.9. The Kier molecular flexibility index (Phi) is 6.52. The first-order valence-electron chi connectivity index (χ1n) is 11.9. The zero-order chi connectivity index (χ0) is 24.7. The molecule has 186 valence electrons. The molecule has 2 saturated heterocycles. The predicted octanol–water partition coefficient (Wildman–Crippen LogP) is 2.89. The molecule has 3 aromatic rings. The number of aliphatic hydroxyl groups is 1. The number of fused-ring (bicyclic) bond motifs is 1. The van der Waals surface area contributed by atoms with Crippen molar-refractivity contribution < 1.29 is 18.6 Å². The molecule has 0 unspecified atom stereocenters. The Morgan fingerprint density at radius 1 is 1.29 bits per heavy atom. The monoisotopic (exact) mass is 485 g/mol. The summed E-state index contributed by atoms with van der Waals surface area (Å²) < 4.78 is 35.5. The molecule has 2 atom stereocenters. The zero-order valence-electron chi connectivity index (χ0n) is 19.7. The number of pyridine rings is 1. The molecule has 5 rings (SSSR count). The lowest BCUT2D eigenvalue weighted by Crippen LogP contribution is -2.48. The van der Waals surface area contributed by atoms with Crippen molar-refractivity contribution in [1.82, 2.24) is 19.4 Å². The molecule has 1 aromatic carbocycles. The van der Waals surface area contributed by atoms with E-state index < -0.39 is 18.1 Å². The number of halogens is 2. The van der Waals surface area contributed by atoms with E-state index in [0.29, 0.717) is 49.1 Å². The minimum atomic E-state index is -0.827. The lowest BCUT2D eigenvalue weighted by Gasteiger charge is -2.35. The molecular weight excluding hydrogens is 456 g/mol. The summed E-state index contributed by atoms with van der Waals surface area (Å²) in [6, 6.07) is 6.47. The summed E-state index contributed by atoms with van der Waals surface area (Å²) in [6.45, 7) is 5.93. The van der Waals surface area contributed by atoms with Crippen LogP contribution in [0.5, 0.6) is 0 Å². The third-order valence-electron chi connectivity index (χ3n) is 6.60. The Labute approximate surface area is 201 Å². The number of nitrogens with zero attached hydrogens (tertiary/aromatic N) is 4. The Bertz CT molecular complexity index is 1290. The van der Waals surface area contributed by atoms with Crippen LogP contribution in [-0.4, -0.2) is 69.2 Å². The molecule has 2 aromatic heterocycles. The van der Waals surface area contributed by atoms with Gasteiger partial charge in [-0.15, -0.1) is 0 Å². The van der Waals surface area contributed by atoms with Crippen LogP contribution in [0.25, 0.3) is 22.2 Å². The minimum Gasteiger partial charge on any atom is -0.389 e. The van der Waals surface area contributed by atoms with Crippen LogP contribution in [0.15, 0.2) is 35.3 Å². The van der Waals surface area contributed by atoms with E-state index in [-0.39, 0.29) is 35.8 Å². The normalized spacial score (nSPS) is 21.4. The van der Waals surface area contributed by atoms with Gasteiger partial charge in [0.25, 0.3) is 0 Å². The maximum absolute atomic E-state index is 14.9. The summed E-state index contributed by atoms with van der Waals surface area (Å²) in [6.07, 6.45) is 0.146. The van der Waals surface area contributed by atoms with Gasteiger partial charge in [0.2, 0.25) is 5.95 Å². The standard InChI is InChI=1S/C25H29F2N5O3/c1-14(2)32-17(12-31-10-16(26)11-31)8-22(33)18-4-3-15(7-21(18)32)24-19(27)9-28-25(30-24)29-20-5-6-35-13-23(20)34/h3-4,7-9,14,16,20,23,34H,5-6,10-13H2,1-2H3,(H,28,29,30)/t20-,23-/m1/s1. The van der Waals surface area contributed by atoms with Crippen LogP contribution in [0.1, 0.15) is 32.0 Å². The number of benzene rings is 1. The van der Waals surface area contributed by atoms with E-state index in [1.54, 1.807) is 24.3 Å². The Hall–Kier alpha value is -2.95. The topological polar surface area (TPSA) is 92.5 Å². The van der Waals surface area contributed by atoms with E-state index in [1.165, 1.54) is 0 Å². The van der Waals surface area contributed by atoms with Gasteiger partial charge in [-0.3, -0.25) is 9.69 Å². The van der Waals surface area contributed by atoms with Gasteiger partial charge in [-0.25, -0.2) is 18.7 Å². The van der Waals surface area contributed by atoms with Crippen molar-refractivity contribution in [2.24, 2.45) is 0 Å². The number of aliphatic hydroxyl groups excluding tert-OH is 1. The number of aromatic nitrogens is 3. The van der Waals surface area contributed by atoms with Crippen LogP contribution >= 0.6 is 0 Å². The third-order valence-corrected chi connectivity index (χ3v) is 6.60. The molecule has 2 N–H and O–H groups in total. The first kappa shape index (κ1) is 23.8. The van der Waals surface area contributed by atoms with E-state index in [4.69, 9.17) is 4.74 Å². The van der Waals surface area contributed by atoms with Crippen molar-refractivity contribution in [2.75, 3.05) is 31.6 Å². The average molecular weight is 486 g/mol. The second-order valence-corrected chi connectivity index (χ2v) is 9.56. The number of alkyl halides is 1. The van der Waals surface area contributed by atoms with E-state index in [2.05, 4.69) is 15.3 Å². The van der Waals surface area contributed by atoms with Crippen LogP contribution in [0.2, 0.25) is 0 Å². The Morgan fingerprint density at radius 2 is 2.09 bits per heavy atom. The minimum absolute atomic E-state index is 0.0216. The third kappa shape index (κ3) is 4.78. The molecule has 0 spiro atoms. The van der Waals surface area contributed by atoms with Crippen molar-refractivity contribution in [3.8, 4) is 11.3 Å². The average Bonchev–Trinajstić information content (AvgIpc) is 2.80. The second-order valence-electron chi connectivity index (χ2n) is 9.56. The summed E-state index contributed by atoms with van der Waals surface area (Å²) in [5.74, 6) is -0.382. The molecule has 0 aliphatic carbocycles. The number of likely N-dealkylation sites (tertiary alicyclic amines) is 1. The van der Waals surface area contributed by atoms with Crippen molar-refractivity contribution in [2.45, 2.75) is 51.2 Å². The molecule has 35 heavy (non-hydrogen) atoms. The lowest BCUT2D eigenvalue weighted by atomic mass is 10.0. The number of hydrogen-bond donors (Lipinski definition) is 2. The van der Waals surface area contributed by atoms with Crippen molar-refractivity contribution >= 4 is 16.9 Å². The summed E-state index contributed by atoms with van der Waals surface area (Å²) >= 11 is 0. The zero-order valence-corrected chi connectivity index (χ0v) is 19.7. The van der Waals surface area contributed by atoms with E-state index in [9.17, 15) is 18.7 Å². The molecule has 2 aliphatic heterocycles. The number of anilines is 1. The molecule has 0 bridgehead atoms. The van der Waals surface area contributed by atoms with E-state index >= 15 is 0 Å². The van der Waals surface area contributed by atoms with E-state index in [0.717, 1.165) is 11.9 Å². The number of ether oxygens (including phenoxy) is 1. The van der Waals surface area contributed by atoms with Crippen molar-refractivity contribution in [1.29, 1.82) is 0 Å². The fourth-order valence-corrected chi connectivity index (χ4v) is 4.83. The van der Waals surface area contributed by atoms with Gasteiger partial charge in [-0.2, -0.15) is 0 Å². The molecule has 10 heteroatoms. The molecule has 4 heterocycles. The highest BCUT2D eigenvalue weighted by Crippen LogP contribution is 2.28.